The topological polar surface area (TPSA) is 46.2 Å². The number of hydrogen-bond donors (Lipinski definition) is 1. The number of anilines is 1. The number of alkyl halides is 6. The molecule has 0 atom stereocenters. The zero-order chi connectivity index (χ0) is 15.1. The van der Waals surface area contributed by atoms with Crippen LogP contribution in [-0.4, -0.2) is 8.42 Å². The molecule has 0 spiro atoms. The van der Waals surface area contributed by atoms with Crippen molar-refractivity contribution in [3.05, 3.63) is 29.3 Å². The third-order valence-corrected chi connectivity index (χ3v) is 2.31. The van der Waals surface area contributed by atoms with Gasteiger partial charge in [0, 0.05) is 0 Å². The maximum Gasteiger partial charge on any atom is 0.416 e. The van der Waals surface area contributed by atoms with E-state index in [1.807, 2.05) is 0 Å². The van der Waals surface area contributed by atoms with Crippen LogP contribution in [-0.2, 0) is 22.8 Å². The first kappa shape index (κ1) is 15.5. The molecule has 0 radical (unpaired) electrons. The monoisotopic (exact) mass is 311 g/mol. The summed E-state index contributed by atoms with van der Waals surface area (Å²) in [5.74, 6) is 0. The Bertz CT molecular complexity index is 543. The van der Waals surface area contributed by atoms with Crippen LogP contribution in [0.3, 0.4) is 0 Å². The van der Waals surface area contributed by atoms with E-state index in [2.05, 4.69) is 0 Å². The maximum atomic E-state index is 12.3. The van der Waals surface area contributed by atoms with Crippen LogP contribution in [0.15, 0.2) is 18.2 Å². The van der Waals surface area contributed by atoms with Crippen LogP contribution in [0.1, 0.15) is 11.1 Å². The zero-order valence-corrected chi connectivity index (χ0v) is 9.42. The summed E-state index contributed by atoms with van der Waals surface area (Å²) in [5.41, 5.74) is -4.69. The highest BCUT2D eigenvalue weighted by molar-refractivity contribution is 7.87. The fraction of sp³-hybridized carbons (Fsp3) is 0.250. The molecular weight excluding hydrogens is 307 g/mol. The molecule has 1 aromatic carbocycles. The molecule has 11 heteroatoms. The van der Waals surface area contributed by atoms with Crippen LogP contribution in [0.4, 0.5) is 35.9 Å². The third-order valence-electron chi connectivity index (χ3n) is 1.83. The van der Waals surface area contributed by atoms with Crippen LogP contribution in [0.25, 0.3) is 0 Å². The second-order valence-corrected chi connectivity index (χ2v) is 4.41. The SMILES string of the molecule is O=S(=O)(F)Nc1cc(C(F)(F)F)cc(C(F)(F)F)c1. The van der Waals surface area contributed by atoms with E-state index in [1.165, 1.54) is 0 Å². The van der Waals surface area contributed by atoms with Crippen molar-refractivity contribution >= 4 is 16.1 Å². The Balaban J connectivity index is 3.41. The van der Waals surface area contributed by atoms with Gasteiger partial charge in [0.25, 0.3) is 0 Å². The first-order valence-electron chi connectivity index (χ1n) is 4.31. The molecule has 0 saturated carbocycles. The van der Waals surface area contributed by atoms with Gasteiger partial charge < -0.3 is 0 Å². The molecule has 3 nitrogen and oxygen atoms in total. The fourth-order valence-corrected chi connectivity index (χ4v) is 1.55. The Hall–Kier alpha value is -1.52. The molecule has 0 fully saturated rings. The standard InChI is InChI=1S/C8H4F7NO2S/c9-7(10,11)4-1-5(8(12,13)14)3-6(2-4)16-19(15,17)18/h1-3,16H. The number of hydrogen-bond acceptors (Lipinski definition) is 2. The molecule has 0 aliphatic heterocycles. The molecule has 0 unspecified atom stereocenters. The lowest BCUT2D eigenvalue weighted by Gasteiger charge is -2.13. The van der Waals surface area contributed by atoms with Gasteiger partial charge in [-0.25, -0.2) is 0 Å². The van der Waals surface area contributed by atoms with Gasteiger partial charge in [-0.15, -0.1) is 0 Å². The van der Waals surface area contributed by atoms with Gasteiger partial charge in [0.2, 0.25) is 0 Å². The molecule has 0 amide bonds. The van der Waals surface area contributed by atoms with E-state index in [0.29, 0.717) is 0 Å². The van der Waals surface area contributed by atoms with Crippen molar-refractivity contribution in [1.29, 1.82) is 0 Å². The van der Waals surface area contributed by atoms with Gasteiger partial charge in [-0.2, -0.15) is 34.8 Å². The summed E-state index contributed by atoms with van der Waals surface area (Å²) in [4.78, 5) is 0. The van der Waals surface area contributed by atoms with Gasteiger partial charge in [-0.3, -0.25) is 4.72 Å². The molecule has 108 valence electrons. The molecule has 0 aromatic heterocycles. The fourth-order valence-electron chi connectivity index (χ4n) is 1.15. The molecular formula is C8H4F7NO2S. The first-order chi connectivity index (χ1) is 8.29. The number of rotatable bonds is 2. The maximum absolute atomic E-state index is 12.3. The van der Waals surface area contributed by atoms with Gasteiger partial charge in [-0.05, 0) is 18.2 Å². The third kappa shape index (κ3) is 4.58. The Morgan fingerprint density at radius 3 is 1.47 bits per heavy atom. The zero-order valence-electron chi connectivity index (χ0n) is 8.60. The summed E-state index contributed by atoms with van der Waals surface area (Å²) in [5, 5.41) is 0. The largest absolute Gasteiger partial charge is 0.416 e. The average molecular weight is 311 g/mol. The highest BCUT2D eigenvalue weighted by Gasteiger charge is 2.37. The minimum atomic E-state index is -5.49. The van der Waals surface area contributed by atoms with E-state index in [0.717, 1.165) is 4.72 Å². The molecule has 0 saturated heterocycles. The smallest absolute Gasteiger partial charge is 0.257 e. The van der Waals surface area contributed by atoms with Crippen molar-refractivity contribution < 1.29 is 38.6 Å². The lowest BCUT2D eigenvalue weighted by molar-refractivity contribution is -0.143. The molecule has 0 heterocycles. The van der Waals surface area contributed by atoms with E-state index in [1.54, 1.807) is 0 Å². The first-order valence-corrected chi connectivity index (χ1v) is 5.69. The van der Waals surface area contributed by atoms with Crippen molar-refractivity contribution in [1.82, 2.24) is 0 Å². The summed E-state index contributed by atoms with van der Waals surface area (Å²) in [7, 11) is -5.49. The second-order valence-electron chi connectivity index (χ2n) is 3.33. The van der Waals surface area contributed by atoms with Gasteiger partial charge in [0.15, 0.2) is 0 Å². The van der Waals surface area contributed by atoms with E-state index in [4.69, 9.17) is 0 Å². The van der Waals surface area contributed by atoms with Crippen LogP contribution in [0, 0.1) is 0 Å². The van der Waals surface area contributed by atoms with Crippen LogP contribution in [0.5, 0.6) is 0 Å². The Morgan fingerprint density at radius 1 is 0.842 bits per heavy atom. The van der Waals surface area contributed by atoms with Crippen molar-refractivity contribution in [3.63, 3.8) is 0 Å². The Morgan fingerprint density at radius 2 is 1.21 bits per heavy atom. The van der Waals surface area contributed by atoms with Crippen molar-refractivity contribution in [2.24, 2.45) is 0 Å². The average Bonchev–Trinajstić information content (AvgIpc) is 2.11. The predicted molar refractivity (Wildman–Crippen MR) is 50.1 cm³/mol. The molecule has 1 aromatic rings. The van der Waals surface area contributed by atoms with Crippen LogP contribution < -0.4 is 4.72 Å². The normalized spacial score (nSPS) is 13.4. The molecule has 0 aliphatic carbocycles. The summed E-state index contributed by atoms with van der Waals surface area (Å²) in [6.45, 7) is 0. The summed E-state index contributed by atoms with van der Waals surface area (Å²) >= 11 is 0. The minimum absolute atomic E-state index is 0.0480. The summed E-state index contributed by atoms with van der Waals surface area (Å²) < 4.78 is 107. The highest BCUT2D eigenvalue weighted by Crippen LogP contribution is 2.37. The lowest BCUT2D eigenvalue weighted by Crippen LogP contribution is -2.13. The molecule has 0 aliphatic rings. The van der Waals surface area contributed by atoms with Gasteiger partial charge in [0.1, 0.15) is 0 Å². The quantitative estimate of drug-likeness (QED) is 0.672. The molecule has 0 bridgehead atoms. The lowest BCUT2D eigenvalue weighted by atomic mass is 10.1. The number of benzene rings is 1. The minimum Gasteiger partial charge on any atom is -0.257 e. The van der Waals surface area contributed by atoms with E-state index in [-0.39, 0.29) is 18.2 Å². The Labute approximate surface area is 102 Å². The molecule has 1 rings (SSSR count). The van der Waals surface area contributed by atoms with Crippen molar-refractivity contribution in [2.45, 2.75) is 12.4 Å². The summed E-state index contributed by atoms with van der Waals surface area (Å²) in [6.07, 6.45) is -10.3. The van der Waals surface area contributed by atoms with Crippen LogP contribution >= 0.6 is 0 Å². The Kier molecular flexibility index (Phi) is 3.72. The molecule has 19 heavy (non-hydrogen) atoms. The van der Waals surface area contributed by atoms with E-state index < -0.39 is 39.6 Å². The highest BCUT2D eigenvalue weighted by atomic mass is 32.3. The van der Waals surface area contributed by atoms with Crippen LogP contribution in [0.2, 0.25) is 0 Å². The van der Waals surface area contributed by atoms with E-state index >= 15 is 0 Å². The van der Waals surface area contributed by atoms with Gasteiger partial charge in [0.05, 0.1) is 16.8 Å². The van der Waals surface area contributed by atoms with Crippen molar-refractivity contribution in [2.75, 3.05) is 4.72 Å². The van der Waals surface area contributed by atoms with Gasteiger partial charge >= 0.3 is 22.8 Å². The number of halogens is 7. The predicted octanol–water partition coefficient (Wildman–Crippen LogP) is 3.35. The molecule has 1 N–H and O–H groups in total. The number of nitrogens with one attached hydrogen (secondary N) is 1. The van der Waals surface area contributed by atoms with Crippen molar-refractivity contribution in [3.8, 4) is 0 Å². The summed E-state index contributed by atoms with van der Waals surface area (Å²) in [6, 6.07) is -0.116. The second kappa shape index (κ2) is 4.54. The van der Waals surface area contributed by atoms with Gasteiger partial charge in [-0.1, -0.05) is 3.89 Å². The van der Waals surface area contributed by atoms with E-state index in [9.17, 15) is 38.6 Å².